The Kier molecular flexibility index (Phi) is 2.08. The molecule has 1 aromatic heterocycles. The number of carboxylic acids is 1. The van der Waals surface area contributed by atoms with E-state index in [9.17, 15) is 4.79 Å². The number of benzene rings is 1. The first kappa shape index (κ1) is 10.1. The molecule has 0 amide bonds. The van der Waals surface area contributed by atoms with Crippen LogP contribution in [-0.4, -0.2) is 11.1 Å². The van der Waals surface area contributed by atoms with E-state index >= 15 is 0 Å². The third-order valence-corrected chi connectivity index (χ3v) is 3.31. The first-order chi connectivity index (χ1) is 8.18. The summed E-state index contributed by atoms with van der Waals surface area (Å²) in [4.78, 5) is 11.1. The van der Waals surface area contributed by atoms with E-state index < -0.39 is 11.9 Å². The second-order valence-electron chi connectivity index (χ2n) is 4.34. The topological polar surface area (TPSA) is 50.4 Å². The molecule has 3 rings (SSSR count). The molecule has 3 heteroatoms. The molecule has 1 aliphatic rings. The second-order valence-corrected chi connectivity index (χ2v) is 4.34. The number of furan rings is 1. The number of hydrogen-bond acceptors (Lipinski definition) is 2. The molecule has 0 fully saturated rings. The van der Waals surface area contributed by atoms with Crippen molar-refractivity contribution >= 4 is 23.0 Å². The third kappa shape index (κ3) is 1.39. The van der Waals surface area contributed by atoms with Gasteiger partial charge in [-0.3, -0.25) is 4.79 Å². The highest BCUT2D eigenvalue weighted by molar-refractivity contribution is 5.91. The van der Waals surface area contributed by atoms with Gasteiger partial charge in [-0.25, -0.2) is 0 Å². The quantitative estimate of drug-likeness (QED) is 0.858. The zero-order valence-electron chi connectivity index (χ0n) is 9.43. The van der Waals surface area contributed by atoms with Crippen LogP contribution in [0, 0.1) is 0 Å². The molecular weight excluding hydrogens is 216 g/mol. The highest BCUT2D eigenvalue weighted by Crippen LogP contribution is 2.35. The second kappa shape index (κ2) is 3.48. The Morgan fingerprint density at radius 2 is 2.29 bits per heavy atom. The van der Waals surface area contributed by atoms with Crippen molar-refractivity contribution in [2.24, 2.45) is 0 Å². The monoisotopic (exact) mass is 228 g/mol. The van der Waals surface area contributed by atoms with Crippen molar-refractivity contribution in [3.8, 4) is 0 Å². The molecular formula is C14H12O3. The minimum Gasteiger partial charge on any atom is -0.481 e. The normalized spacial score (nSPS) is 15.1. The molecule has 0 saturated heterocycles. The molecule has 1 unspecified atom stereocenters. The molecule has 0 aliphatic heterocycles. The Labute approximate surface area is 98.4 Å². The van der Waals surface area contributed by atoms with Gasteiger partial charge in [0, 0.05) is 16.5 Å². The predicted molar refractivity (Wildman–Crippen MR) is 65.0 cm³/mol. The summed E-state index contributed by atoms with van der Waals surface area (Å²) in [7, 11) is 0. The van der Waals surface area contributed by atoms with E-state index in [1.165, 1.54) is 5.56 Å². The van der Waals surface area contributed by atoms with Crippen molar-refractivity contribution in [3.63, 3.8) is 0 Å². The summed E-state index contributed by atoms with van der Waals surface area (Å²) in [6.45, 7) is 1.68. The number of carbonyl (C=O) groups is 1. The number of fused-ring (bicyclic) bond motifs is 3. The van der Waals surface area contributed by atoms with Crippen molar-refractivity contribution in [2.75, 3.05) is 0 Å². The average molecular weight is 228 g/mol. The highest BCUT2D eigenvalue weighted by Gasteiger charge is 2.22. The Hall–Kier alpha value is -2.03. The van der Waals surface area contributed by atoms with Gasteiger partial charge in [0.1, 0.15) is 11.3 Å². The van der Waals surface area contributed by atoms with Crippen molar-refractivity contribution in [1.82, 2.24) is 0 Å². The van der Waals surface area contributed by atoms with E-state index in [4.69, 9.17) is 9.52 Å². The van der Waals surface area contributed by atoms with Crippen molar-refractivity contribution in [2.45, 2.75) is 19.3 Å². The fourth-order valence-electron chi connectivity index (χ4n) is 2.31. The first-order valence-electron chi connectivity index (χ1n) is 5.62. The first-order valence-corrected chi connectivity index (χ1v) is 5.62. The molecule has 1 atom stereocenters. The number of aliphatic carboxylic acids is 1. The third-order valence-electron chi connectivity index (χ3n) is 3.31. The molecule has 1 N–H and O–H groups in total. The van der Waals surface area contributed by atoms with Crippen LogP contribution in [0.1, 0.15) is 29.7 Å². The molecule has 0 radical (unpaired) electrons. The van der Waals surface area contributed by atoms with Gasteiger partial charge in [-0.05, 0) is 19.4 Å². The molecule has 86 valence electrons. The van der Waals surface area contributed by atoms with Gasteiger partial charge >= 0.3 is 5.97 Å². The maximum Gasteiger partial charge on any atom is 0.310 e. The molecule has 0 saturated carbocycles. The van der Waals surface area contributed by atoms with Gasteiger partial charge in [0.25, 0.3) is 0 Å². The van der Waals surface area contributed by atoms with E-state index in [0.717, 1.165) is 28.7 Å². The maximum atomic E-state index is 11.1. The SMILES string of the molecule is CC(C(=O)O)c1cccc2c3c(oc12)C=CC3. The minimum absolute atomic E-state index is 0.547. The number of allylic oxidation sites excluding steroid dienone is 1. The predicted octanol–water partition coefficient (Wildman–Crippen LogP) is 3.19. The number of para-hydroxylation sites is 1. The maximum absolute atomic E-state index is 11.1. The van der Waals surface area contributed by atoms with Crippen LogP contribution in [0.25, 0.3) is 17.0 Å². The van der Waals surface area contributed by atoms with Gasteiger partial charge < -0.3 is 9.52 Å². The summed E-state index contributed by atoms with van der Waals surface area (Å²) in [5.74, 6) is -0.511. The van der Waals surface area contributed by atoms with Crippen LogP contribution in [0.5, 0.6) is 0 Å². The van der Waals surface area contributed by atoms with E-state index in [1.807, 2.05) is 24.3 Å². The molecule has 1 aliphatic carbocycles. The molecule has 2 aromatic rings. The van der Waals surface area contributed by atoms with Crippen LogP contribution in [0.4, 0.5) is 0 Å². The van der Waals surface area contributed by atoms with Gasteiger partial charge in [-0.15, -0.1) is 0 Å². The molecule has 1 heterocycles. The standard InChI is InChI=1S/C14H12O3/c1-8(14(15)16)9-4-2-6-11-10-5-3-7-12(10)17-13(9)11/h2-4,6-8H,5H2,1H3,(H,15,16). The smallest absolute Gasteiger partial charge is 0.310 e. The average Bonchev–Trinajstić information content (AvgIpc) is 2.87. The van der Waals surface area contributed by atoms with Gasteiger partial charge in [0.05, 0.1) is 5.92 Å². The van der Waals surface area contributed by atoms with Crippen LogP contribution in [-0.2, 0) is 11.2 Å². The Bertz CT molecular complexity index is 634. The Balaban J connectivity index is 2.27. The summed E-state index contributed by atoms with van der Waals surface area (Å²) in [6.07, 6.45) is 4.87. The van der Waals surface area contributed by atoms with Gasteiger partial charge in [0.15, 0.2) is 0 Å². The van der Waals surface area contributed by atoms with E-state index in [1.54, 1.807) is 6.92 Å². The summed E-state index contributed by atoms with van der Waals surface area (Å²) in [5, 5.41) is 10.1. The number of hydrogen-bond donors (Lipinski definition) is 1. The fraction of sp³-hybridized carbons (Fsp3) is 0.214. The van der Waals surface area contributed by atoms with Crippen LogP contribution in [0.3, 0.4) is 0 Å². The van der Waals surface area contributed by atoms with E-state index in [0.29, 0.717) is 0 Å². The summed E-state index contributed by atoms with van der Waals surface area (Å²) in [5.41, 5.74) is 2.63. The lowest BCUT2D eigenvalue weighted by atomic mass is 9.98. The summed E-state index contributed by atoms with van der Waals surface area (Å²) < 4.78 is 5.76. The Morgan fingerprint density at radius 3 is 3.06 bits per heavy atom. The van der Waals surface area contributed by atoms with E-state index in [-0.39, 0.29) is 0 Å². The van der Waals surface area contributed by atoms with Gasteiger partial charge in [0.2, 0.25) is 0 Å². The lowest BCUT2D eigenvalue weighted by Gasteiger charge is -2.06. The zero-order valence-corrected chi connectivity index (χ0v) is 9.43. The van der Waals surface area contributed by atoms with Crippen LogP contribution in [0.2, 0.25) is 0 Å². The largest absolute Gasteiger partial charge is 0.481 e. The van der Waals surface area contributed by atoms with Crippen molar-refractivity contribution in [1.29, 1.82) is 0 Å². The fourth-order valence-corrected chi connectivity index (χ4v) is 2.31. The lowest BCUT2D eigenvalue weighted by Crippen LogP contribution is -2.07. The van der Waals surface area contributed by atoms with Crippen LogP contribution < -0.4 is 0 Å². The molecule has 3 nitrogen and oxygen atoms in total. The summed E-state index contributed by atoms with van der Waals surface area (Å²) in [6, 6.07) is 5.71. The Morgan fingerprint density at radius 1 is 1.47 bits per heavy atom. The zero-order chi connectivity index (χ0) is 12.0. The molecule has 1 aromatic carbocycles. The highest BCUT2D eigenvalue weighted by atomic mass is 16.4. The number of carboxylic acid groups (broad SMARTS) is 1. The van der Waals surface area contributed by atoms with Crippen molar-refractivity contribution < 1.29 is 14.3 Å². The van der Waals surface area contributed by atoms with Crippen LogP contribution in [0.15, 0.2) is 28.7 Å². The molecule has 0 bridgehead atoms. The minimum atomic E-state index is -0.829. The molecule has 0 spiro atoms. The summed E-state index contributed by atoms with van der Waals surface area (Å²) >= 11 is 0. The number of rotatable bonds is 2. The molecule has 17 heavy (non-hydrogen) atoms. The van der Waals surface area contributed by atoms with Crippen molar-refractivity contribution in [3.05, 3.63) is 41.2 Å². The van der Waals surface area contributed by atoms with Gasteiger partial charge in [-0.1, -0.05) is 24.3 Å². The lowest BCUT2D eigenvalue weighted by molar-refractivity contribution is -0.138. The van der Waals surface area contributed by atoms with Gasteiger partial charge in [-0.2, -0.15) is 0 Å². The van der Waals surface area contributed by atoms with E-state index in [2.05, 4.69) is 6.08 Å². The van der Waals surface area contributed by atoms with Crippen LogP contribution >= 0.6 is 0 Å².